The van der Waals surface area contributed by atoms with E-state index in [1.165, 1.54) is 11.1 Å². The Morgan fingerprint density at radius 1 is 1.00 bits per heavy atom. The quantitative estimate of drug-likeness (QED) is 0.714. The van der Waals surface area contributed by atoms with Crippen molar-refractivity contribution < 1.29 is 9.59 Å². The van der Waals surface area contributed by atoms with Gasteiger partial charge in [0, 0.05) is 49.4 Å². The van der Waals surface area contributed by atoms with Gasteiger partial charge in [-0.3, -0.25) is 14.3 Å². The van der Waals surface area contributed by atoms with E-state index in [1.807, 2.05) is 48.3 Å². The molecule has 6 heteroatoms. The second-order valence-corrected chi connectivity index (χ2v) is 8.37. The van der Waals surface area contributed by atoms with E-state index < -0.39 is 0 Å². The maximum atomic E-state index is 12.6. The van der Waals surface area contributed by atoms with Gasteiger partial charge in [-0.05, 0) is 32.4 Å². The van der Waals surface area contributed by atoms with E-state index >= 15 is 0 Å². The van der Waals surface area contributed by atoms with Crippen LogP contribution in [0.1, 0.15) is 41.9 Å². The summed E-state index contributed by atoms with van der Waals surface area (Å²) >= 11 is 0. The summed E-state index contributed by atoms with van der Waals surface area (Å²) < 4.78 is 1.99. The van der Waals surface area contributed by atoms with Crippen LogP contribution in [0.3, 0.4) is 0 Å². The first kappa shape index (κ1) is 21.8. The lowest BCUT2D eigenvalue weighted by Crippen LogP contribution is -2.51. The Kier molecular flexibility index (Phi) is 6.75. The second-order valence-electron chi connectivity index (χ2n) is 8.37. The number of aromatic nitrogens is 2. The van der Waals surface area contributed by atoms with E-state index in [2.05, 4.69) is 36.3 Å². The zero-order chi connectivity index (χ0) is 21.8. The Morgan fingerprint density at radius 2 is 1.60 bits per heavy atom. The van der Waals surface area contributed by atoms with Crippen molar-refractivity contribution in [3.05, 3.63) is 58.4 Å². The van der Waals surface area contributed by atoms with Crippen molar-refractivity contribution in [3.8, 4) is 0 Å². The number of hydrogen-bond acceptors (Lipinski definition) is 3. The summed E-state index contributed by atoms with van der Waals surface area (Å²) in [7, 11) is 0. The van der Waals surface area contributed by atoms with E-state index in [-0.39, 0.29) is 17.7 Å². The first-order valence-electron chi connectivity index (χ1n) is 10.6. The largest absolute Gasteiger partial charge is 0.339 e. The molecule has 1 aromatic carbocycles. The number of piperazine rings is 1. The Morgan fingerprint density at radius 3 is 2.20 bits per heavy atom. The number of amides is 2. The van der Waals surface area contributed by atoms with Crippen LogP contribution in [0.2, 0.25) is 0 Å². The summed E-state index contributed by atoms with van der Waals surface area (Å²) in [5, 5.41) is 4.66. The number of nitrogens with zero attached hydrogens (tertiary/aromatic N) is 4. The first-order chi connectivity index (χ1) is 14.3. The Balaban J connectivity index is 1.63. The van der Waals surface area contributed by atoms with Gasteiger partial charge in [0.05, 0.1) is 12.2 Å². The average molecular weight is 409 g/mol. The minimum atomic E-state index is -0.0169. The molecule has 2 heterocycles. The van der Waals surface area contributed by atoms with Crippen LogP contribution in [0.4, 0.5) is 0 Å². The molecule has 160 valence electrons. The molecule has 6 nitrogen and oxygen atoms in total. The van der Waals surface area contributed by atoms with Crippen LogP contribution in [0.5, 0.6) is 0 Å². The molecule has 1 aliphatic heterocycles. The van der Waals surface area contributed by atoms with Crippen LogP contribution in [0.25, 0.3) is 6.08 Å². The van der Waals surface area contributed by atoms with Gasteiger partial charge in [0.1, 0.15) is 0 Å². The summed E-state index contributed by atoms with van der Waals surface area (Å²) in [6, 6.07) is 8.45. The maximum absolute atomic E-state index is 12.6. The first-order valence-corrected chi connectivity index (χ1v) is 10.6. The number of carbonyl (C=O) groups is 2. The molecule has 0 N–H and O–H groups in total. The smallest absolute Gasteiger partial charge is 0.246 e. The minimum absolute atomic E-state index is 0.00505. The summed E-state index contributed by atoms with van der Waals surface area (Å²) in [6.07, 6.45) is 3.50. The van der Waals surface area contributed by atoms with E-state index in [4.69, 9.17) is 0 Å². The maximum Gasteiger partial charge on any atom is 0.246 e. The molecular formula is C24H32N4O2. The molecule has 0 unspecified atom stereocenters. The molecule has 1 saturated heterocycles. The van der Waals surface area contributed by atoms with Crippen molar-refractivity contribution in [1.82, 2.24) is 19.6 Å². The highest BCUT2D eigenvalue weighted by molar-refractivity contribution is 5.92. The lowest BCUT2D eigenvalue weighted by atomic mass is 10.1. The summed E-state index contributed by atoms with van der Waals surface area (Å²) in [5.41, 5.74) is 5.39. The highest BCUT2D eigenvalue weighted by Gasteiger charge is 2.24. The molecule has 0 aliphatic carbocycles. The van der Waals surface area contributed by atoms with Crippen molar-refractivity contribution in [1.29, 1.82) is 0 Å². The molecule has 0 radical (unpaired) electrons. The van der Waals surface area contributed by atoms with Gasteiger partial charge >= 0.3 is 0 Å². The van der Waals surface area contributed by atoms with Crippen molar-refractivity contribution in [3.63, 3.8) is 0 Å². The third kappa shape index (κ3) is 4.99. The number of benzene rings is 1. The number of aryl methyl sites for hydroxylation is 2. The summed E-state index contributed by atoms with van der Waals surface area (Å²) in [6.45, 7) is 13.0. The zero-order valence-electron chi connectivity index (χ0n) is 18.7. The molecule has 1 aromatic heterocycles. The minimum Gasteiger partial charge on any atom is -0.339 e. The van der Waals surface area contributed by atoms with Crippen molar-refractivity contribution in [2.24, 2.45) is 5.92 Å². The fraction of sp³-hybridized carbons (Fsp3) is 0.458. The molecule has 1 aliphatic rings. The van der Waals surface area contributed by atoms with Crippen molar-refractivity contribution in [2.75, 3.05) is 26.2 Å². The molecular weight excluding hydrogens is 376 g/mol. The standard InChI is InChI=1S/C24H32N4O2/c1-17(2)24(30)27-14-12-26(13-15-27)23(29)11-10-22-19(4)25-28(20(22)5)16-21-8-6-18(3)7-9-21/h6-11,17H,12-16H2,1-5H3/b11-10+. The predicted molar refractivity (Wildman–Crippen MR) is 119 cm³/mol. The fourth-order valence-electron chi connectivity index (χ4n) is 3.74. The van der Waals surface area contributed by atoms with Crippen LogP contribution in [0.15, 0.2) is 30.3 Å². The monoisotopic (exact) mass is 408 g/mol. The third-order valence-electron chi connectivity index (χ3n) is 5.68. The van der Waals surface area contributed by atoms with Crippen LogP contribution in [-0.4, -0.2) is 57.6 Å². The van der Waals surface area contributed by atoms with Gasteiger partial charge in [-0.15, -0.1) is 0 Å². The van der Waals surface area contributed by atoms with Gasteiger partial charge in [0.2, 0.25) is 11.8 Å². The molecule has 1 fully saturated rings. The highest BCUT2D eigenvalue weighted by atomic mass is 16.2. The van der Waals surface area contributed by atoms with E-state index in [0.29, 0.717) is 32.7 Å². The van der Waals surface area contributed by atoms with Crippen molar-refractivity contribution >= 4 is 17.9 Å². The Labute approximate surface area is 179 Å². The van der Waals surface area contributed by atoms with Crippen LogP contribution >= 0.6 is 0 Å². The Hall–Kier alpha value is -2.89. The molecule has 0 spiro atoms. The summed E-state index contributed by atoms with van der Waals surface area (Å²) in [4.78, 5) is 28.4. The SMILES string of the molecule is Cc1ccc(Cn2nc(C)c(/C=C/C(=O)N3CCN(C(=O)C(C)C)CC3)c2C)cc1. The van der Waals surface area contributed by atoms with Gasteiger partial charge in [-0.2, -0.15) is 5.10 Å². The van der Waals surface area contributed by atoms with Crippen LogP contribution in [0, 0.1) is 26.7 Å². The van der Waals surface area contributed by atoms with E-state index in [0.717, 1.165) is 17.0 Å². The zero-order valence-corrected chi connectivity index (χ0v) is 18.7. The normalized spacial score (nSPS) is 14.7. The molecule has 0 saturated carbocycles. The van der Waals surface area contributed by atoms with Gasteiger partial charge in [-0.1, -0.05) is 43.7 Å². The third-order valence-corrected chi connectivity index (χ3v) is 5.68. The predicted octanol–water partition coefficient (Wildman–Crippen LogP) is 3.20. The van der Waals surface area contributed by atoms with Gasteiger partial charge in [0.15, 0.2) is 0 Å². The highest BCUT2D eigenvalue weighted by Crippen LogP contribution is 2.17. The second kappa shape index (κ2) is 9.28. The van der Waals surface area contributed by atoms with Gasteiger partial charge in [-0.25, -0.2) is 0 Å². The number of carbonyl (C=O) groups excluding carboxylic acids is 2. The lowest BCUT2D eigenvalue weighted by Gasteiger charge is -2.35. The van der Waals surface area contributed by atoms with Gasteiger partial charge in [0.25, 0.3) is 0 Å². The fourth-order valence-corrected chi connectivity index (χ4v) is 3.74. The number of hydrogen-bond donors (Lipinski definition) is 0. The van der Waals surface area contributed by atoms with Crippen molar-refractivity contribution in [2.45, 2.75) is 41.2 Å². The molecule has 3 rings (SSSR count). The molecule has 30 heavy (non-hydrogen) atoms. The molecule has 2 amide bonds. The summed E-state index contributed by atoms with van der Waals surface area (Å²) in [5.74, 6) is 0.135. The Bertz CT molecular complexity index is 933. The lowest BCUT2D eigenvalue weighted by molar-refractivity contribution is -0.139. The van der Waals surface area contributed by atoms with E-state index in [1.54, 1.807) is 6.08 Å². The topological polar surface area (TPSA) is 58.4 Å². The molecule has 0 bridgehead atoms. The van der Waals surface area contributed by atoms with Crippen LogP contribution in [-0.2, 0) is 16.1 Å². The molecule has 2 aromatic rings. The number of rotatable bonds is 5. The van der Waals surface area contributed by atoms with Gasteiger partial charge < -0.3 is 9.80 Å². The average Bonchev–Trinajstić information content (AvgIpc) is 3.00. The van der Waals surface area contributed by atoms with Crippen LogP contribution < -0.4 is 0 Å². The molecule has 0 atom stereocenters. The van der Waals surface area contributed by atoms with E-state index in [9.17, 15) is 9.59 Å².